The molecule has 0 saturated heterocycles. The van der Waals surface area contributed by atoms with Crippen LogP contribution in [0.4, 0.5) is 10.8 Å². The summed E-state index contributed by atoms with van der Waals surface area (Å²) in [5.41, 5.74) is 3.75. The minimum absolute atomic E-state index is 0. The predicted octanol–water partition coefficient (Wildman–Crippen LogP) is 6.30. The fraction of sp³-hybridized carbons (Fsp3) is 0.0833. The van der Waals surface area contributed by atoms with Crippen molar-refractivity contribution in [1.82, 2.24) is 4.98 Å². The predicted molar refractivity (Wildman–Crippen MR) is 133 cm³/mol. The van der Waals surface area contributed by atoms with Gasteiger partial charge in [-0.2, -0.15) is 5.10 Å². The number of fused-ring (bicyclic) bond motifs is 1. The Labute approximate surface area is 200 Å². The summed E-state index contributed by atoms with van der Waals surface area (Å²) in [4.78, 5) is 4.83. The lowest BCUT2D eigenvalue weighted by Crippen LogP contribution is -2.09. The van der Waals surface area contributed by atoms with Gasteiger partial charge in [0.1, 0.15) is 5.75 Å². The van der Waals surface area contributed by atoms with Crippen molar-refractivity contribution >= 4 is 45.4 Å². The summed E-state index contributed by atoms with van der Waals surface area (Å²) in [6, 6.07) is 23.6. The van der Waals surface area contributed by atoms with Crippen LogP contribution in [0.2, 0.25) is 0 Å². The van der Waals surface area contributed by atoms with Crippen LogP contribution in [0.3, 0.4) is 0 Å². The summed E-state index contributed by atoms with van der Waals surface area (Å²) in [5.74, 6) is 2.30. The largest absolute Gasteiger partial charge is 0.497 e. The van der Waals surface area contributed by atoms with Crippen LogP contribution in [0.25, 0.3) is 11.3 Å². The molecule has 0 N–H and O–H groups in total. The smallest absolute Gasteiger partial charge is 0.231 e. The normalized spacial score (nSPS) is 11.9. The first-order chi connectivity index (χ1) is 15.3. The van der Waals surface area contributed by atoms with Crippen molar-refractivity contribution in [1.29, 1.82) is 0 Å². The molecule has 3 aromatic carbocycles. The first-order valence-electron chi connectivity index (χ1n) is 9.69. The van der Waals surface area contributed by atoms with E-state index >= 15 is 0 Å². The van der Waals surface area contributed by atoms with E-state index in [1.54, 1.807) is 13.3 Å². The second kappa shape index (κ2) is 9.84. The second-order valence-electron chi connectivity index (χ2n) is 6.75. The number of methoxy groups -OCH3 is 1. The summed E-state index contributed by atoms with van der Waals surface area (Å²) < 4.78 is 16.1. The number of aromatic nitrogens is 1. The molecular weight excluding hydrogens is 490 g/mol. The highest BCUT2D eigenvalue weighted by Crippen LogP contribution is 2.34. The van der Waals surface area contributed by atoms with E-state index < -0.39 is 0 Å². The molecule has 162 valence electrons. The SMILES string of the molecule is Br.COc1ccc(-c2csc(N(/N=C/c3ccc4c(c3)OCO4)c3ccccc3)n2)cc1. The molecule has 0 amide bonds. The lowest BCUT2D eigenvalue weighted by Gasteiger charge is -2.15. The third-order valence-corrected chi connectivity index (χ3v) is 5.59. The third kappa shape index (κ3) is 4.61. The van der Waals surface area contributed by atoms with Crippen LogP contribution >= 0.6 is 28.3 Å². The zero-order valence-corrected chi connectivity index (χ0v) is 19.7. The van der Waals surface area contributed by atoms with E-state index in [2.05, 4.69) is 0 Å². The molecule has 0 radical (unpaired) electrons. The highest BCUT2D eigenvalue weighted by Gasteiger charge is 2.15. The molecule has 2 heterocycles. The van der Waals surface area contributed by atoms with Gasteiger partial charge in [-0.05, 0) is 60.2 Å². The number of halogens is 1. The molecule has 0 spiro atoms. The molecule has 0 bridgehead atoms. The lowest BCUT2D eigenvalue weighted by atomic mass is 10.2. The molecule has 8 heteroatoms. The maximum absolute atomic E-state index is 5.47. The molecular formula is C24H20BrN3O3S. The zero-order chi connectivity index (χ0) is 21.0. The van der Waals surface area contributed by atoms with Crippen LogP contribution in [0, 0.1) is 0 Å². The molecule has 4 aromatic rings. The maximum atomic E-state index is 5.47. The quantitative estimate of drug-likeness (QED) is 0.225. The summed E-state index contributed by atoms with van der Waals surface area (Å²) in [5, 5.41) is 9.37. The molecule has 32 heavy (non-hydrogen) atoms. The van der Waals surface area contributed by atoms with Gasteiger partial charge in [0.25, 0.3) is 0 Å². The minimum Gasteiger partial charge on any atom is -0.497 e. The molecule has 0 atom stereocenters. The van der Waals surface area contributed by atoms with Gasteiger partial charge in [0.05, 0.1) is 24.7 Å². The molecule has 0 saturated carbocycles. The van der Waals surface area contributed by atoms with Crippen LogP contribution in [-0.2, 0) is 0 Å². The molecule has 1 aliphatic rings. The highest BCUT2D eigenvalue weighted by atomic mass is 79.9. The number of hydrogen-bond acceptors (Lipinski definition) is 7. The summed E-state index contributed by atoms with van der Waals surface area (Å²) in [6.07, 6.45) is 1.80. The fourth-order valence-electron chi connectivity index (χ4n) is 3.17. The average Bonchev–Trinajstić information content (AvgIpc) is 3.50. The van der Waals surface area contributed by atoms with Crippen molar-refractivity contribution in [2.24, 2.45) is 5.10 Å². The zero-order valence-electron chi connectivity index (χ0n) is 17.2. The summed E-state index contributed by atoms with van der Waals surface area (Å²) in [7, 11) is 1.66. The van der Waals surface area contributed by atoms with E-state index in [0.717, 1.165) is 44.9 Å². The number of rotatable bonds is 6. The van der Waals surface area contributed by atoms with Crippen molar-refractivity contribution in [3.8, 4) is 28.5 Å². The van der Waals surface area contributed by atoms with Gasteiger partial charge in [-0.15, -0.1) is 28.3 Å². The van der Waals surface area contributed by atoms with Gasteiger partial charge in [-0.25, -0.2) is 9.99 Å². The Morgan fingerprint density at radius 2 is 1.78 bits per heavy atom. The van der Waals surface area contributed by atoms with E-state index in [1.165, 1.54) is 11.3 Å². The fourth-order valence-corrected chi connectivity index (χ4v) is 3.98. The van der Waals surface area contributed by atoms with E-state index in [-0.39, 0.29) is 23.8 Å². The van der Waals surface area contributed by atoms with Crippen LogP contribution < -0.4 is 19.2 Å². The van der Waals surface area contributed by atoms with Crippen molar-refractivity contribution in [3.05, 3.63) is 83.7 Å². The Morgan fingerprint density at radius 3 is 2.56 bits per heavy atom. The van der Waals surface area contributed by atoms with Crippen molar-refractivity contribution in [2.75, 3.05) is 18.9 Å². The molecule has 0 fully saturated rings. The van der Waals surface area contributed by atoms with E-state index in [1.807, 2.05) is 83.2 Å². The number of hydrogen-bond donors (Lipinski definition) is 0. The number of anilines is 2. The molecule has 0 aliphatic carbocycles. The Kier molecular flexibility index (Phi) is 6.72. The molecule has 6 nitrogen and oxygen atoms in total. The first kappa shape index (κ1) is 21.9. The topological polar surface area (TPSA) is 56.2 Å². The second-order valence-corrected chi connectivity index (χ2v) is 7.58. The van der Waals surface area contributed by atoms with Crippen LogP contribution in [0.1, 0.15) is 5.56 Å². The van der Waals surface area contributed by atoms with Crippen LogP contribution in [0.15, 0.2) is 83.3 Å². The number of thiazole rings is 1. The monoisotopic (exact) mass is 509 g/mol. The van der Waals surface area contributed by atoms with Crippen LogP contribution in [-0.4, -0.2) is 25.1 Å². The van der Waals surface area contributed by atoms with Crippen molar-refractivity contribution in [3.63, 3.8) is 0 Å². The van der Waals surface area contributed by atoms with Gasteiger partial charge in [-0.3, -0.25) is 0 Å². The van der Waals surface area contributed by atoms with Gasteiger partial charge in [-0.1, -0.05) is 18.2 Å². The van der Waals surface area contributed by atoms with Gasteiger partial charge < -0.3 is 14.2 Å². The Balaban J connectivity index is 0.00000245. The van der Waals surface area contributed by atoms with E-state index in [9.17, 15) is 0 Å². The van der Waals surface area contributed by atoms with Crippen LogP contribution in [0.5, 0.6) is 17.2 Å². The number of nitrogens with zero attached hydrogens (tertiary/aromatic N) is 3. The molecule has 5 rings (SSSR count). The van der Waals surface area contributed by atoms with Gasteiger partial charge in [0, 0.05) is 10.9 Å². The Hall–Kier alpha value is -3.36. The summed E-state index contributed by atoms with van der Waals surface area (Å²) >= 11 is 1.54. The molecule has 1 aliphatic heterocycles. The summed E-state index contributed by atoms with van der Waals surface area (Å²) in [6.45, 7) is 0.249. The van der Waals surface area contributed by atoms with Crippen molar-refractivity contribution in [2.45, 2.75) is 0 Å². The number of ether oxygens (including phenoxy) is 3. The molecule has 1 aromatic heterocycles. The number of hydrazone groups is 1. The third-order valence-electron chi connectivity index (χ3n) is 4.78. The Bertz CT molecular complexity index is 1210. The van der Waals surface area contributed by atoms with Crippen molar-refractivity contribution < 1.29 is 14.2 Å². The first-order valence-corrected chi connectivity index (χ1v) is 10.6. The average molecular weight is 510 g/mol. The Morgan fingerprint density at radius 1 is 1.00 bits per heavy atom. The maximum Gasteiger partial charge on any atom is 0.231 e. The number of para-hydroxylation sites is 1. The number of benzene rings is 3. The van der Waals surface area contributed by atoms with Gasteiger partial charge >= 0.3 is 0 Å². The van der Waals surface area contributed by atoms with E-state index in [0.29, 0.717) is 0 Å². The van der Waals surface area contributed by atoms with E-state index in [4.69, 9.17) is 24.3 Å². The van der Waals surface area contributed by atoms with Gasteiger partial charge in [0.15, 0.2) is 11.5 Å². The standard InChI is InChI=1S/C24H19N3O3S.BrH/c1-28-20-10-8-18(9-11-20)21-15-31-24(26-21)27(19-5-3-2-4-6-19)25-14-17-7-12-22-23(13-17)30-16-29-22;/h2-15H,16H2,1H3;1H/b25-14+;. The lowest BCUT2D eigenvalue weighted by molar-refractivity contribution is 0.174. The van der Waals surface area contributed by atoms with Gasteiger partial charge in [0.2, 0.25) is 11.9 Å². The molecule has 0 unspecified atom stereocenters. The minimum atomic E-state index is 0. The highest BCUT2D eigenvalue weighted by molar-refractivity contribution is 8.93.